The molecule has 2 amide bonds. The van der Waals surface area contributed by atoms with Crippen LogP contribution < -0.4 is 0 Å². The van der Waals surface area contributed by atoms with E-state index < -0.39 is 0 Å². The SMILES string of the molecule is Cc1ccc2c(c1)cc(CN(CC1CCCO1)C(=O)N1CCOCC1)c1nnnn12. The van der Waals surface area contributed by atoms with E-state index in [1.807, 2.05) is 15.9 Å². The van der Waals surface area contributed by atoms with Crippen molar-refractivity contribution in [3.8, 4) is 0 Å². The van der Waals surface area contributed by atoms with Gasteiger partial charge in [0.2, 0.25) is 0 Å². The van der Waals surface area contributed by atoms with Gasteiger partial charge in [-0.05, 0) is 48.4 Å². The Morgan fingerprint density at radius 3 is 2.90 bits per heavy atom. The van der Waals surface area contributed by atoms with Crippen molar-refractivity contribution >= 4 is 22.6 Å². The van der Waals surface area contributed by atoms with Crippen molar-refractivity contribution in [2.24, 2.45) is 0 Å². The molecule has 0 aliphatic carbocycles. The molecule has 0 radical (unpaired) electrons. The van der Waals surface area contributed by atoms with Gasteiger partial charge in [-0.25, -0.2) is 4.79 Å². The predicted molar refractivity (Wildman–Crippen MR) is 110 cm³/mol. The van der Waals surface area contributed by atoms with Gasteiger partial charge in [-0.3, -0.25) is 0 Å². The van der Waals surface area contributed by atoms with Crippen LogP contribution >= 0.6 is 0 Å². The highest BCUT2D eigenvalue weighted by Gasteiger charge is 2.28. The molecule has 0 spiro atoms. The Labute approximate surface area is 174 Å². The Morgan fingerprint density at radius 1 is 1.23 bits per heavy atom. The lowest BCUT2D eigenvalue weighted by Crippen LogP contribution is -2.49. The van der Waals surface area contributed by atoms with Gasteiger partial charge in [0.1, 0.15) is 0 Å². The number of nitrogens with zero attached hydrogens (tertiary/aromatic N) is 6. The lowest BCUT2D eigenvalue weighted by molar-refractivity contribution is 0.0327. The van der Waals surface area contributed by atoms with Crippen molar-refractivity contribution in [2.75, 3.05) is 39.5 Å². The molecule has 9 nitrogen and oxygen atoms in total. The van der Waals surface area contributed by atoms with E-state index in [4.69, 9.17) is 9.47 Å². The fourth-order valence-electron chi connectivity index (χ4n) is 4.31. The summed E-state index contributed by atoms with van der Waals surface area (Å²) in [6.07, 6.45) is 2.09. The van der Waals surface area contributed by atoms with Crippen LogP contribution in [0.4, 0.5) is 4.79 Å². The molecule has 0 N–H and O–H groups in total. The first-order valence-corrected chi connectivity index (χ1v) is 10.5. The third-order valence-corrected chi connectivity index (χ3v) is 5.86. The number of urea groups is 1. The molecular formula is C21H26N6O3. The van der Waals surface area contributed by atoms with E-state index in [0.29, 0.717) is 45.0 Å². The maximum atomic E-state index is 13.4. The highest BCUT2D eigenvalue weighted by molar-refractivity contribution is 5.84. The number of carbonyl (C=O) groups excluding carboxylic acids is 1. The smallest absolute Gasteiger partial charge is 0.320 e. The van der Waals surface area contributed by atoms with Gasteiger partial charge in [0.25, 0.3) is 0 Å². The van der Waals surface area contributed by atoms with Crippen molar-refractivity contribution in [1.29, 1.82) is 0 Å². The number of ether oxygens (including phenoxy) is 2. The average molecular weight is 410 g/mol. The minimum absolute atomic E-state index is 0.0174. The number of rotatable bonds is 4. The van der Waals surface area contributed by atoms with Gasteiger partial charge in [0.15, 0.2) is 5.65 Å². The van der Waals surface area contributed by atoms with E-state index in [1.165, 1.54) is 5.56 Å². The predicted octanol–water partition coefficient (Wildman–Crippen LogP) is 2.02. The van der Waals surface area contributed by atoms with Gasteiger partial charge < -0.3 is 19.3 Å². The molecule has 2 saturated heterocycles. The Kier molecular flexibility index (Phi) is 5.22. The summed E-state index contributed by atoms with van der Waals surface area (Å²) in [6.45, 7) is 6.20. The van der Waals surface area contributed by atoms with Gasteiger partial charge >= 0.3 is 6.03 Å². The molecule has 9 heteroatoms. The molecule has 2 fully saturated rings. The van der Waals surface area contributed by atoms with Crippen LogP contribution in [0.15, 0.2) is 24.3 Å². The largest absolute Gasteiger partial charge is 0.378 e. The molecule has 2 aromatic heterocycles. The summed E-state index contributed by atoms with van der Waals surface area (Å²) in [4.78, 5) is 17.1. The fourth-order valence-corrected chi connectivity index (χ4v) is 4.31. The Bertz CT molecular complexity index is 1060. The normalized spacial score (nSPS) is 19.6. The van der Waals surface area contributed by atoms with Crippen LogP contribution in [0.5, 0.6) is 0 Å². The summed E-state index contributed by atoms with van der Waals surface area (Å²) < 4.78 is 13.0. The number of hydrogen-bond donors (Lipinski definition) is 0. The maximum Gasteiger partial charge on any atom is 0.320 e. The van der Waals surface area contributed by atoms with Crippen LogP contribution in [0.1, 0.15) is 24.0 Å². The second kappa shape index (κ2) is 8.16. The zero-order chi connectivity index (χ0) is 20.5. The summed E-state index contributed by atoms with van der Waals surface area (Å²) in [5, 5.41) is 13.4. The van der Waals surface area contributed by atoms with Crippen LogP contribution in [-0.4, -0.2) is 81.4 Å². The number of carbonyl (C=O) groups is 1. The number of fused-ring (bicyclic) bond motifs is 3. The molecule has 1 unspecified atom stereocenters. The lowest BCUT2D eigenvalue weighted by Gasteiger charge is -2.34. The molecule has 158 valence electrons. The van der Waals surface area contributed by atoms with Crippen molar-refractivity contribution < 1.29 is 14.3 Å². The summed E-state index contributed by atoms with van der Waals surface area (Å²) in [5.74, 6) is 0. The number of aromatic nitrogens is 4. The summed E-state index contributed by atoms with van der Waals surface area (Å²) in [6, 6.07) is 8.32. The number of hydrogen-bond acceptors (Lipinski definition) is 6. The maximum absolute atomic E-state index is 13.4. The molecule has 1 atom stereocenters. The standard InChI is InChI=1S/C21H26N6O3/c1-15-4-5-19-16(11-15)12-17(20-22-23-24-27(19)20)13-26(14-18-3-2-8-30-18)21(28)25-6-9-29-10-7-25/h4-5,11-12,18H,2-3,6-10,13-14H2,1H3. The molecule has 2 aliphatic heterocycles. The summed E-state index contributed by atoms with van der Waals surface area (Å²) >= 11 is 0. The monoisotopic (exact) mass is 410 g/mol. The van der Waals surface area contributed by atoms with Gasteiger partial charge in [0, 0.05) is 37.2 Å². The topological polar surface area (TPSA) is 85.1 Å². The van der Waals surface area contributed by atoms with Gasteiger partial charge in [0.05, 0.1) is 31.4 Å². The number of benzene rings is 1. The van der Waals surface area contributed by atoms with Crippen LogP contribution in [0.3, 0.4) is 0 Å². The second-order valence-corrected chi connectivity index (χ2v) is 8.04. The van der Waals surface area contributed by atoms with E-state index >= 15 is 0 Å². The van der Waals surface area contributed by atoms with Crippen LogP contribution in [0.2, 0.25) is 0 Å². The average Bonchev–Trinajstić information content (AvgIpc) is 3.45. The molecule has 4 heterocycles. The minimum atomic E-state index is 0.0174. The molecule has 0 bridgehead atoms. The Balaban J connectivity index is 1.50. The first-order chi connectivity index (χ1) is 14.7. The third-order valence-electron chi connectivity index (χ3n) is 5.86. The molecule has 30 heavy (non-hydrogen) atoms. The molecule has 3 aromatic rings. The van der Waals surface area contributed by atoms with E-state index in [0.717, 1.165) is 35.9 Å². The molecule has 0 saturated carbocycles. The van der Waals surface area contributed by atoms with Crippen molar-refractivity contribution in [2.45, 2.75) is 32.4 Å². The van der Waals surface area contributed by atoms with E-state index in [9.17, 15) is 4.79 Å². The number of tetrazole rings is 1. The fraction of sp³-hybridized carbons (Fsp3) is 0.524. The first-order valence-electron chi connectivity index (χ1n) is 10.5. The number of aryl methyl sites for hydroxylation is 1. The van der Waals surface area contributed by atoms with Gasteiger partial charge in [-0.15, -0.1) is 5.10 Å². The van der Waals surface area contributed by atoms with Crippen LogP contribution in [-0.2, 0) is 16.0 Å². The minimum Gasteiger partial charge on any atom is -0.378 e. The van der Waals surface area contributed by atoms with E-state index in [2.05, 4.69) is 40.6 Å². The zero-order valence-corrected chi connectivity index (χ0v) is 17.2. The van der Waals surface area contributed by atoms with E-state index in [-0.39, 0.29) is 12.1 Å². The highest BCUT2D eigenvalue weighted by atomic mass is 16.5. The van der Waals surface area contributed by atoms with Crippen molar-refractivity contribution in [3.63, 3.8) is 0 Å². The quantitative estimate of drug-likeness (QED) is 0.654. The van der Waals surface area contributed by atoms with Gasteiger partial charge in [-0.2, -0.15) is 4.52 Å². The van der Waals surface area contributed by atoms with Crippen molar-refractivity contribution in [1.82, 2.24) is 29.8 Å². The molecule has 2 aliphatic rings. The Morgan fingerprint density at radius 2 is 2.10 bits per heavy atom. The van der Waals surface area contributed by atoms with Crippen LogP contribution in [0, 0.1) is 6.92 Å². The van der Waals surface area contributed by atoms with Gasteiger partial charge in [-0.1, -0.05) is 11.6 Å². The zero-order valence-electron chi connectivity index (χ0n) is 17.2. The first kappa shape index (κ1) is 19.2. The number of pyridine rings is 1. The molecule has 5 rings (SSSR count). The highest BCUT2D eigenvalue weighted by Crippen LogP contribution is 2.23. The number of morpholine rings is 1. The third kappa shape index (κ3) is 3.70. The lowest BCUT2D eigenvalue weighted by atomic mass is 10.1. The van der Waals surface area contributed by atoms with E-state index in [1.54, 1.807) is 4.52 Å². The molecular weight excluding hydrogens is 384 g/mol. The second-order valence-electron chi connectivity index (χ2n) is 8.04. The summed E-state index contributed by atoms with van der Waals surface area (Å²) in [7, 11) is 0. The van der Waals surface area contributed by atoms with Crippen molar-refractivity contribution in [3.05, 3.63) is 35.4 Å². The molecule has 1 aromatic carbocycles. The van der Waals surface area contributed by atoms with Crippen LogP contribution in [0.25, 0.3) is 16.6 Å². The Hall–Kier alpha value is -2.78. The summed E-state index contributed by atoms with van der Waals surface area (Å²) in [5.41, 5.74) is 3.73. The number of amides is 2.